The van der Waals surface area contributed by atoms with Gasteiger partial charge in [0, 0.05) is 48.3 Å². The average molecular weight is 685 g/mol. The fourth-order valence-corrected chi connectivity index (χ4v) is 8.61. The first-order chi connectivity index (χ1) is 25.8. The van der Waals surface area contributed by atoms with Crippen molar-refractivity contribution in [1.82, 2.24) is 0 Å². The second kappa shape index (κ2) is 12.6. The Hall–Kier alpha value is -6.62. The lowest BCUT2D eigenvalue weighted by molar-refractivity contribution is 0.669. The van der Waals surface area contributed by atoms with E-state index in [0.717, 1.165) is 50.4 Å². The summed E-state index contributed by atoms with van der Waals surface area (Å²) in [6.45, 7) is 0. The molecule has 0 atom stereocenters. The second-order valence-corrected chi connectivity index (χ2v) is 14.0. The highest BCUT2D eigenvalue weighted by molar-refractivity contribution is 7.26. The van der Waals surface area contributed by atoms with E-state index in [1.54, 1.807) is 0 Å². The SMILES string of the molecule is c1ccc(N(c2ccc(-c3ccc4sc5cccc(N(c6ccccc6)c6ccccc6)c5c4c3)cc2)c2cccc3oc4ccccc4c23)cc1. The van der Waals surface area contributed by atoms with E-state index in [-0.39, 0.29) is 0 Å². The fourth-order valence-electron chi connectivity index (χ4n) is 7.50. The van der Waals surface area contributed by atoms with E-state index < -0.39 is 0 Å². The summed E-state index contributed by atoms with van der Waals surface area (Å²) in [6, 6.07) is 69.0. The summed E-state index contributed by atoms with van der Waals surface area (Å²) in [5, 5.41) is 4.75. The molecule has 0 radical (unpaired) electrons. The molecule has 10 rings (SSSR count). The zero-order valence-electron chi connectivity index (χ0n) is 28.2. The van der Waals surface area contributed by atoms with E-state index in [1.165, 1.54) is 37.0 Å². The van der Waals surface area contributed by atoms with Gasteiger partial charge in [0.2, 0.25) is 0 Å². The second-order valence-electron chi connectivity index (χ2n) is 12.9. The number of benzene rings is 8. The summed E-state index contributed by atoms with van der Waals surface area (Å²) in [5.74, 6) is 0. The number of thiophene rings is 1. The van der Waals surface area contributed by atoms with Crippen LogP contribution in [0, 0.1) is 0 Å². The molecular formula is C48H32N2OS. The number of hydrogen-bond donors (Lipinski definition) is 0. The Morgan fingerprint density at radius 2 is 0.865 bits per heavy atom. The number of hydrogen-bond acceptors (Lipinski definition) is 4. The van der Waals surface area contributed by atoms with Crippen molar-refractivity contribution in [2.45, 2.75) is 0 Å². The van der Waals surface area contributed by atoms with Gasteiger partial charge in [-0.3, -0.25) is 0 Å². The van der Waals surface area contributed by atoms with E-state index >= 15 is 0 Å². The molecule has 0 unspecified atom stereocenters. The summed E-state index contributed by atoms with van der Waals surface area (Å²) < 4.78 is 8.85. The van der Waals surface area contributed by atoms with Crippen LogP contribution >= 0.6 is 11.3 Å². The molecule has 246 valence electrons. The van der Waals surface area contributed by atoms with Crippen LogP contribution in [0.2, 0.25) is 0 Å². The molecule has 52 heavy (non-hydrogen) atoms. The van der Waals surface area contributed by atoms with Crippen LogP contribution in [0.3, 0.4) is 0 Å². The van der Waals surface area contributed by atoms with Crippen LogP contribution < -0.4 is 9.80 Å². The Morgan fingerprint density at radius 1 is 0.346 bits per heavy atom. The third-order valence-electron chi connectivity index (χ3n) is 9.84. The molecule has 0 aliphatic carbocycles. The van der Waals surface area contributed by atoms with Crippen LogP contribution in [0.25, 0.3) is 53.2 Å². The zero-order chi connectivity index (χ0) is 34.4. The highest BCUT2D eigenvalue weighted by Crippen LogP contribution is 2.46. The fraction of sp³-hybridized carbons (Fsp3) is 0. The molecule has 4 heteroatoms. The first-order valence-corrected chi connectivity index (χ1v) is 18.3. The van der Waals surface area contributed by atoms with Gasteiger partial charge in [0.25, 0.3) is 0 Å². The number of para-hydroxylation sites is 4. The molecule has 0 aliphatic rings. The van der Waals surface area contributed by atoms with E-state index in [1.807, 2.05) is 23.5 Å². The van der Waals surface area contributed by atoms with E-state index in [0.29, 0.717) is 0 Å². The maximum atomic E-state index is 6.30. The summed E-state index contributed by atoms with van der Waals surface area (Å²) in [7, 11) is 0. The van der Waals surface area contributed by atoms with Crippen molar-refractivity contribution in [3.63, 3.8) is 0 Å². The quantitative estimate of drug-likeness (QED) is 0.167. The van der Waals surface area contributed by atoms with Crippen molar-refractivity contribution in [2.24, 2.45) is 0 Å². The zero-order valence-corrected chi connectivity index (χ0v) is 29.0. The molecule has 2 heterocycles. The van der Waals surface area contributed by atoms with Crippen molar-refractivity contribution in [3.05, 3.63) is 194 Å². The number of rotatable bonds is 7. The van der Waals surface area contributed by atoms with Crippen molar-refractivity contribution >= 4 is 87.6 Å². The van der Waals surface area contributed by atoms with E-state index in [2.05, 4.69) is 192 Å². The van der Waals surface area contributed by atoms with E-state index in [9.17, 15) is 0 Å². The summed E-state index contributed by atoms with van der Waals surface area (Å²) in [4.78, 5) is 4.70. The maximum absolute atomic E-state index is 6.30. The molecule has 0 amide bonds. The molecule has 8 aromatic carbocycles. The van der Waals surface area contributed by atoms with E-state index in [4.69, 9.17) is 4.42 Å². The highest BCUT2D eigenvalue weighted by Gasteiger charge is 2.21. The largest absolute Gasteiger partial charge is 0.456 e. The number of anilines is 6. The molecule has 0 N–H and O–H groups in total. The number of nitrogens with zero attached hydrogens (tertiary/aromatic N) is 2. The summed E-state index contributed by atoms with van der Waals surface area (Å²) in [5.41, 5.74) is 10.8. The number of fused-ring (bicyclic) bond motifs is 6. The molecule has 0 saturated carbocycles. The third-order valence-corrected chi connectivity index (χ3v) is 11.0. The van der Waals surface area contributed by atoms with Gasteiger partial charge in [0.05, 0.1) is 16.8 Å². The van der Waals surface area contributed by atoms with Gasteiger partial charge in [-0.2, -0.15) is 0 Å². The van der Waals surface area contributed by atoms with Gasteiger partial charge in [-0.15, -0.1) is 11.3 Å². The lowest BCUT2D eigenvalue weighted by Crippen LogP contribution is -2.10. The van der Waals surface area contributed by atoms with Crippen molar-refractivity contribution in [1.29, 1.82) is 0 Å². The molecule has 3 nitrogen and oxygen atoms in total. The predicted octanol–water partition coefficient (Wildman–Crippen LogP) is 14.6. The normalized spacial score (nSPS) is 11.5. The van der Waals surface area contributed by atoms with Gasteiger partial charge < -0.3 is 14.2 Å². The molecule has 0 aliphatic heterocycles. The van der Waals surface area contributed by atoms with Crippen molar-refractivity contribution < 1.29 is 4.42 Å². The highest BCUT2D eigenvalue weighted by atomic mass is 32.1. The topological polar surface area (TPSA) is 19.6 Å². The molecular weight excluding hydrogens is 653 g/mol. The lowest BCUT2D eigenvalue weighted by atomic mass is 10.0. The Kier molecular flexibility index (Phi) is 7.33. The molecule has 0 bridgehead atoms. The predicted molar refractivity (Wildman–Crippen MR) is 221 cm³/mol. The minimum absolute atomic E-state index is 0.880. The maximum Gasteiger partial charge on any atom is 0.137 e. The van der Waals surface area contributed by atoms with Crippen LogP contribution in [0.4, 0.5) is 34.1 Å². The standard InChI is InChI=1S/C48H32N2OS/c1-4-14-35(15-5-1)49(36-16-6-2-7-17-36)42-22-13-25-46-48(42)40-32-34(28-31-45(40)52-46)33-26-29-38(30-27-33)50(37-18-8-3-9-19-37)41-21-12-24-44-47(41)39-20-10-11-23-43(39)51-44/h1-32H. The van der Waals surface area contributed by atoms with Gasteiger partial charge in [-0.1, -0.05) is 103 Å². The van der Waals surface area contributed by atoms with Gasteiger partial charge >= 0.3 is 0 Å². The van der Waals surface area contributed by atoms with Crippen molar-refractivity contribution in [2.75, 3.05) is 9.80 Å². The van der Waals surface area contributed by atoms with Gasteiger partial charge in [0.1, 0.15) is 11.2 Å². The van der Waals surface area contributed by atoms with Crippen molar-refractivity contribution in [3.8, 4) is 11.1 Å². The minimum Gasteiger partial charge on any atom is -0.456 e. The van der Waals surface area contributed by atoms with Crippen LogP contribution in [-0.2, 0) is 0 Å². The molecule has 0 fully saturated rings. The third kappa shape index (κ3) is 5.12. The Balaban J connectivity index is 1.10. The lowest BCUT2D eigenvalue weighted by Gasteiger charge is -2.26. The van der Waals surface area contributed by atoms with Crippen LogP contribution in [0.5, 0.6) is 0 Å². The van der Waals surface area contributed by atoms with Gasteiger partial charge in [0.15, 0.2) is 0 Å². The van der Waals surface area contributed by atoms with Gasteiger partial charge in [-0.05, 0) is 102 Å². The van der Waals surface area contributed by atoms with Gasteiger partial charge in [-0.25, -0.2) is 0 Å². The Bertz CT molecular complexity index is 2800. The molecule has 2 aromatic heterocycles. The summed E-state index contributed by atoms with van der Waals surface area (Å²) in [6.07, 6.45) is 0. The monoisotopic (exact) mass is 684 g/mol. The Morgan fingerprint density at radius 3 is 1.52 bits per heavy atom. The van der Waals surface area contributed by atoms with Crippen LogP contribution in [0.1, 0.15) is 0 Å². The van der Waals surface area contributed by atoms with Crippen LogP contribution in [0.15, 0.2) is 199 Å². The molecule has 0 spiro atoms. The molecule has 10 aromatic rings. The number of furan rings is 1. The minimum atomic E-state index is 0.880. The first kappa shape index (κ1) is 30.2. The Labute approximate surface area is 305 Å². The average Bonchev–Trinajstić information content (AvgIpc) is 3.79. The van der Waals surface area contributed by atoms with Crippen LogP contribution in [-0.4, -0.2) is 0 Å². The molecule has 0 saturated heterocycles. The smallest absolute Gasteiger partial charge is 0.137 e. The first-order valence-electron chi connectivity index (χ1n) is 17.5. The summed E-state index contributed by atoms with van der Waals surface area (Å²) >= 11 is 1.85.